The number of benzene rings is 1. The normalized spacial score (nSPS) is 14.4. The van der Waals surface area contributed by atoms with Gasteiger partial charge in [0.1, 0.15) is 22.2 Å². The minimum atomic E-state index is -2.87. The minimum Gasteiger partial charge on any atom is -0.492 e. The molecule has 1 aliphatic rings. The Balaban J connectivity index is 1.66. The summed E-state index contributed by atoms with van der Waals surface area (Å²) < 4.78 is 27.5. The highest BCUT2D eigenvalue weighted by atomic mass is 32.2. The maximum atomic E-state index is 10.9. The van der Waals surface area contributed by atoms with Gasteiger partial charge in [-0.15, -0.1) is 0 Å². The fourth-order valence-electron chi connectivity index (χ4n) is 2.26. The molecule has 0 saturated carbocycles. The molecule has 0 amide bonds. The Labute approximate surface area is 115 Å². The van der Waals surface area contributed by atoms with Gasteiger partial charge in [-0.1, -0.05) is 6.07 Å². The van der Waals surface area contributed by atoms with Crippen molar-refractivity contribution in [2.75, 3.05) is 31.7 Å². The van der Waals surface area contributed by atoms with Gasteiger partial charge in [0, 0.05) is 19.3 Å². The number of ether oxygens (including phenoxy) is 1. The van der Waals surface area contributed by atoms with Crippen molar-refractivity contribution in [1.82, 2.24) is 5.32 Å². The molecule has 4 nitrogen and oxygen atoms in total. The van der Waals surface area contributed by atoms with Crippen molar-refractivity contribution in [1.29, 1.82) is 0 Å². The largest absolute Gasteiger partial charge is 0.492 e. The Bertz CT molecular complexity index is 525. The van der Waals surface area contributed by atoms with Crippen LogP contribution in [0.4, 0.5) is 0 Å². The minimum absolute atomic E-state index is 0.172. The number of nitrogens with one attached hydrogen (secondary N) is 1. The smallest absolute Gasteiger partial charge is 0.148 e. The Hall–Kier alpha value is -1.07. The lowest BCUT2D eigenvalue weighted by molar-refractivity contribution is 0.315. The van der Waals surface area contributed by atoms with E-state index in [2.05, 4.69) is 17.4 Å². The Morgan fingerprint density at radius 1 is 1.21 bits per heavy atom. The molecule has 0 atom stereocenters. The van der Waals surface area contributed by atoms with Crippen LogP contribution in [0.2, 0.25) is 0 Å². The molecule has 0 spiro atoms. The molecule has 0 aromatic heterocycles. The molecule has 106 valence electrons. The van der Waals surface area contributed by atoms with E-state index in [0.29, 0.717) is 19.7 Å². The lowest BCUT2D eigenvalue weighted by Crippen LogP contribution is -2.26. The fraction of sp³-hybridized carbons (Fsp3) is 0.571. The van der Waals surface area contributed by atoms with Crippen molar-refractivity contribution >= 4 is 9.84 Å². The molecule has 0 unspecified atom stereocenters. The van der Waals surface area contributed by atoms with Gasteiger partial charge in [-0.3, -0.25) is 0 Å². The van der Waals surface area contributed by atoms with E-state index in [0.717, 1.165) is 12.2 Å². The maximum absolute atomic E-state index is 10.9. The number of hydrogen-bond acceptors (Lipinski definition) is 4. The van der Waals surface area contributed by atoms with Gasteiger partial charge < -0.3 is 10.1 Å². The van der Waals surface area contributed by atoms with Crippen molar-refractivity contribution in [3.8, 4) is 5.75 Å². The second-order valence-corrected chi connectivity index (χ2v) is 7.27. The highest BCUT2D eigenvalue weighted by Gasteiger charge is 2.10. The van der Waals surface area contributed by atoms with Crippen LogP contribution in [-0.2, 0) is 22.7 Å². The average Bonchev–Trinajstić information content (AvgIpc) is 2.79. The fourth-order valence-corrected chi connectivity index (χ4v) is 2.78. The van der Waals surface area contributed by atoms with Gasteiger partial charge in [0.05, 0.1) is 5.75 Å². The summed E-state index contributed by atoms with van der Waals surface area (Å²) in [4.78, 5) is 0. The van der Waals surface area contributed by atoms with Crippen molar-refractivity contribution in [3.63, 3.8) is 0 Å². The molecule has 0 saturated heterocycles. The summed E-state index contributed by atoms with van der Waals surface area (Å²) in [5.74, 6) is 1.08. The summed E-state index contributed by atoms with van der Waals surface area (Å²) in [6.45, 7) is 1.70. The Kier molecular flexibility index (Phi) is 4.82. The zero-order valence-corrected chi connectivity index (χ0v) is 12.1. The van der Waals surface area contributed by atoms with Crippen LogP contribution in [0.3, 0.4) is 0 Å². The number of sulfone groups is 1. The molecule has 5 heteroatoms. The first-order chi connectivity index (χ1) is 9.04. The van der Waals surface area contributed by atoms with Crippen LogP contribution < -0.4 is 10.1 Å². The topological polar surface area (TPSA) is 55.4 Å². The van der Waals surface area contributed by atoms with Crippen LogP contribution in [0.25, 0.3) is 0 Å². The maximum Gasteiger partial charge on any atom is 0.148 e. The number of fused-ring (bicyclic) bond motifs is 1. The molecule has 0 aliphatic heterocycles. The van der Waals surface area contributed by atoms with Gasteiger partial charge >= 0.3 is 0 Å². The van der Waals surface area contributed by atoms with E-state index in [4.69, 9.17) is 4.74 Å². The number of hydrogen-bond donors (Lipinski definition) is 1. The molecule has 1 aliphatic carbocycles. The molecule has 1 N–H and O–H groups in total. The lowest BCUT2D eigenvalue weighted by Gasteiger charge is -2.09. The van der Waals surface area contributed by atoms with E-state index in [1.54, 1.807) is 0 Å². The first-order valence-electron chi connectivity index (χ1n) is 6.68. The summed E-state index contributed by atoms with van der Waals surface area (Å²) >= 11 is 0. The van der Waals surface area contributed by atoms with Gasteiger partial charge in [-0.05, 0) is 42.5 Å². The molecule has 1 aromatic rings. The summed E-state index contributed by atoms with van der Waals surface area (Å²) in [5, 5.41) is 3.06. The van der Waals surface area contributed by atoms with E-state index in [9.17, 15) is 8.42 Å². The summed E-state index contributed by atoms with van der Waals surface area (Å²) in [7, 11) is -2.87. The molecule has 0 fully saturated rings. The molecule has 19 heavy (non-hydrogen) atoms. The van der Waals surface area contributed by atoms with E-state index in [-0.39, 0.29) is 5.75 Å². The molecule has 1 aromatic carbocycles. The van der Waals surface area contributed by atoms with E-state index in [1.165, 1.54) is 30.2 Å². The van der Waals surface area contributed by atoms with Crippen molar-refractivity contribution in [2.45, 2.75) is 19.3 Å². The molecule has 2 rings (SSSR count). The van der Waals surface area contributed by atoms with E-state index < -0.39 is 9.84 Å². The van der Waals surface area contributed by atoms with Crippen molar-refractivity contribution in [3.05, 3.63) is 29.3 Å². The van der Waals surface area contributed by atoms with Crippen LogP contribution in [0.15, 0.2) is 18.2 Å². The van der Waals surface area contributed by atoms with Gasteiger partial charge in [0.25, 0.3) is 0 Å². The van der Waals surface area contributed by atoms with Crippen LogP contribution in [-0.4, -0.2) is 40.1 Å². The molecule has 0 bridgehead atoms. The van der Waals surface area contributed by atoms with Crippen molar-refractivity contribution < 1.29 is 13.2 Å². The van der Waals surface area contributed by atoms with Crippen LogP contribution in [0.1, 0.15) is 17.5 Å². The SMILES string of the molecule is CS(=O)(=O)CCNCCOc1ccc2c(c1)CCC2. The van der Waals surface area contributed by atoms with Crippen LogP contribution >= 0.6 is 0 Å². The molecular weight excluding hydrogens is 262 g/mol. The Morgan fingerprint density at radius 3 is 2.79 bits per heavy atom. The summed E-state index contributed by atoms with van der Waals surface area (Å²) in [6, 6.07) is 6.29. The van der Waals surface area contributed by atoms with Crippen LogP contribution in [0.5, 0.6) is 5.75 Å². The second-order valence-electron chi connectivity index (χ2n) is 5.01. The van der Waals surface area contributed by atoms with Gasteiger partial charge in [0.15, 0.2) is 0 Å². The third-order valence-corrected chi connectivity index (χ3v) is 4.21. The molecule has 0 heterocycles. The zero-order valence-electron chi connectivity index (χ0n) is 11.3. The predicted molar refractivity (Wildman–Crippen MR) is 76.5 cm³/mol. The van der Waals surface area contributed by atoms with Gasteiger partial charge in [-0.25, -0.2) is 8.42 Å². The highest BCUT2D eigenvalue weighted by Crippen LogP contribution is 2.25. The first-order valence-corrected chi connectivity index (χ1v) is 8.74. The first kappa shape index (κ1) is 14.3. The number of aryl methyl sites for hydroxylation is 2. The standard InChI is InChI=1S/C14H21NO3S/c1-19(16,17)10-8-15-7-9-18-14-6-5-12-3-2-4-13(12)11-14/h5-6,11,15H,2-4,7-10H2,1H3. The van der Waals surface area contributed by atoms with Gasteiger partial charge in [0.2, 0.25) is 0 Å². The van der Waals surface area contributed by atoms with Gasteiger partial charge in [-0.2, -0.15) is 0 Å². The predicted octanol–water partition coefficient (Wildman–Crippen LogP) is 1.19. The average molecular weight is 283 g/mol. The molecular formula is C14H21NO3S. The quantitative estimate of drug-likeness (QED) is 0.764. The third-order valence-electron chi connectivity index (χ3n) is 3.27. The highest BCUT2D eigenvalue weighted by molar-refractivity contribution is 7.90. The Morgan fingerprint density at radius 2 is 2.00 bits per heavy atom. The third kappa shape index (κ3) is 4.84. The summed E-state index contributed by atoms with van der Waals surface area (Å²) in [5.41, 5.74) is 2.85. The van der Waals surface area contributed by atoms with Crippen LogP contribution in [0, 0.1) is 0 Å². The zero-order chi connectivity index (χ0) is 13.7. The van der Waals surface area contributed by atoms with E-state index >= 15 is 0 Å². The monoisotopic (exact) mass is 283 g/mol. The van der Waals surface area contributed by atoms with E-state index in [1.807, 2.05) is 6.07 Å². The number of rotatable bonds is 7. The molecule has 0 radical (unpaired) electrons. The second kappa shape index (κ2) is 6.39. The van der Waals surface area contributed by atoms with Crippen molar-refractivity contribution in [2.24, 2.45) is 0 Å². The lowest BCUT2D eigenvalue weighted by atomic mass is 10.1. The summed E-state index contributed by atoms with van der Waals surface area (Å²) in [6.07, 6.45) is 4.82.